The minimum Gasteiger partial charge on any atom is -0.301 e. The third-order valence-corrected chi connectivity index (χ3v) is 3.98. The summed E-state index contributed by atoms with van der Waals surface area (Å²) >= 11 is -2.99. The van der Waals surface area contributed by atoms with Gasteiger partial charge in [-0.05, 0) is 31.1 Å². The molecule has 0 aromatic heterocycles. The molecule has 2 aliphatic rings. The van der Waals surface area contributed by atoms with E-state index in [9.17, 15) is 13.0 Å². The van der Waals surface area contributed by atoms with Gasteiger partial charge in [-0.2, -0.15) is 8.78 Å². The van der Waals surface area contributed by atoms with E-state index in [4.69, 9.17) is 4.55 Å². The molecule has 0 amide bonds. The fraction of sp³-hybridized carbons (Fsp3) is 1.00. The smallest absolute Gasteiger partial charge is 0.301 e. The number of hydrogen-bond donors (Lipinski definition) is 1. The predicted octanol–water partition coefficient (Wildman–Crippen LogP) is 1.85. The molecule has 0 spiro atoms. The first-order chi connectivity index (χ1) is 5.53. The molecule has 2 saturated carbocycles. The van der Waals surface area contributed by atoms with Crippen LogP contribution in [0.1, 0.15) is 19.3 Å². The average molecular weight is 196 g/mol. The Bertz CT molecular complexity index is 231. The summed E-state index contributed by atoms with van der Waals surface area (Å²) in [5, 5.41) is -3.37. The van der Waals surface area contributed by atoms with Crippen LogP contribution in [-0.4, -0.2) is 14.0 Å². The Morgan fingerprint density at radius 2 is 2.08 bits per heavy atom. The Morgan fingerprint density at radius 1 is 1.42 bits per heavy atom. The molecule has 0 aromatic carbocycles. The number of rotatable bonds is 2. The lowest BCUT2D eigenvalue weighted by Crippen LogP contribution is -2.53. The van der Waals surface area contributed by atoms with Crippen LogP contribution in [0.3, 0.4) is 0 Å². The van der Waals surface area contributed by atoms with Gasteiger partial charge in [0.05, 0.1) is 0 Å². The summed E-state index contributed by atoms with van der Waals surface area (Å²) in [6.45, 7) is 0. The van der Waals surface area contributed by atoms with Gasteiger partial charge < -0.3 is 4.55 Å². The summed E-state index contributed by atoms with van der Waals surface area (Å²) in [7, 11) is 0. The van der Waals surface area contributed by atoms with Crippen LogP contribution in [0, 0.1) is 17.8 Å². The highest BCUT2D eigenvalue weighted by molar-refractivity contribution is 7.80. The summed E-state index contributed by atoms with van der Waals surface area (Å²) in [6.07, 6.45) is 2.27. The highest BCUT2D eigenvalue weighted by atomic mass is 32.2. The zero-order valence-electron chi connectivity index (χ0n) is 6.37. The van der Waals surface area contributed by atoms with E-state index in [2.05, 4.69) is 0 Å². The van der Waals surface area contributed by atoms with Crippen molar-refractivity contribution >= 4 is 11.1 Å². The predicted molar refractivity (Wildman–Crippen MR) is 40.0 cm³/mol. The van der Waals surface area contributed by atoms with Crippen molar-refractivity contribution in [3.8, 4) is 0 Å². The second-order valence-electron chi connectivity index (χ2n) is 3.65. The van der Waals surface area contributed by atoms with Gasteiger partial charge in [0, 0.05) is 5.92 Å². The zero-order valence-corrected chi connectivity index (χ0v) is 7.19. The first kappa shape index (κ1) is 8.56. The van der Waals surface area contributed by atoms with E-state index in [1.165, 1.54) is 0 Å². The Balaban J connectivity index is 2.05. The van der Waals surface area contributed by atoms with Crippen molar-refractivity contribution in [3.63, 3.8) is 0 Å². The molecule has 70 valence electrons. The number of alkyl halides is 2. The van der Waals surface area contributed by atoms with E-state index >= 15 is 0 Å². The van der Waals surface area contributed by atoms with Crippen LogP contribution in [0.5, 0.6) is 0 Å². The van der Waals surface area contributed by atoms with Gasteiger partial charge >= 0.3 is 5.25 Å². The number of halogens is 2. The van der Waals surface area contributed by atoms with Crippen LogP contribution in [0.2, 0.25) is 0 Å². The molecule has 2 nitrogen and oxygen atoms in total. The molecule has 0 radical (unpaired) electrons. The van der Waals surface area contributed by atoms with Crippen LogP contribution in [0.25, 0.3) is 0 Å². The largest absolute Gasteiger partial charge is 0.348 e. The standard InChI is InChI=1S/C7H10F2O2S/c8-7(9,12(10)11)6-3-4-1-2-5(4)6/h4-6H,1-3H2,(H,10,11). The Labute approximate surface area is 71.6 Å². The van der Waals surface area contributed by atoms with Crippen LogP contribution in [0.4, 0.5) is 8.78 Å². The highest BCUT2D eigenvalue weighted by Gasteiger charge is 2.60. The van der Waals surface area contributed by atoms with E-state index in [1.807, 2.05) is 0 Å². The van der Waals surface area contributed by atoms with Gasteiger partial charge in [-0.25, -0.2) is 4.21 Å². The van der Waals surface area contributed by atoms with Crippen LogP contribution < -0.4 is 0 Å². The second kappa shape index (κ2) is 2.48. The van der Waals surface area contributed by atoms with Crippen molar-refractivity contribution in [2.24, 2.45) is 17.8 Å². The molecule has 5 heteroatoms. The van der Waals surface area contributed by atoms with E-state index in [-0.39, 0.29) is 5.92 Å². The van der Waals surface area contributed by atoms with Gasteiger partial charge in [0.25, 0.3) is 0 Å². The molecule has 4 atom stereocenters. The van der Waals surface area contributed by atoms with Gasteiger partial charge in [-0.15, -0.1) is 0 Å². The van der Waals surface area contributed by atoms with Crippen molar-refractivity contribution < 1.29 is 17.5 Å². The molecule has 2 rings (SSSR count). The molecule has 0 aliphatic heterocycles. The first-order valence-corrected chi connectivity index (χ1v) is 5.13. The quantitative estimate of drug-likeness (QED) is 0.684. The minimum atomic E-state index is -3.37. The number of fused-ring (bicyclic) bond motifs is 1. The summed E-state index contributed by atoms with van der Waals surface area (Å²) in [6, 6.07) is 0. The highest BCUT2D eigenvalue weighted by Crippen LogP contribution is 2.59. The van der Waals surface area contributed by atoms with Crippen molar-refractivity contribution in [3.05, 3.63) is 0 Å². The molecular weight excluding hydrogens is 186 g/mol. The summed E-state index contributed by atoms with van der Waals surface area (Å²) in [5.41, 5.74) is 0. The fourth-order valence-electron chi connectivity index (χ4n) is 2.24. The topological polar surface area (TPSA) is 37.3 Å². The first-order valence-electron chi connectivity index (χ1n) is 4.02. The van der Waals surface area contributed by atoms with Crippen molar-refractivity contribution in [1.82, 2.24) is 0 Å². The van der Waals surface area contributed by atoms with Gasteiger partial charge in [0.2, 0.25) is 11.1 Å². The maximum atomic E-state index is 12.9. The monoisotopic (exact) mass is 196 g/mol. The Kier molecular flexibility index (Phi) is 1.77. The lowest BCUT2D eigenvalue weighted by atomic mass is 9.53. The molecule has 12 heavy (non-hydrogen) atoms. The third kappa shape index (κ3) is 0.956. The molecule has 0 heterocycles. The van der Waals surface area contributed by atoms with E-state index in [0.29, 0.717) is 12.3 Å². The van der Waals surface area contributed by atoms with Crippen molar-refractivity contribution in [2.45, 2.75) is 24.5 Å². The van der Waals surface area contributed by atoms with Gasteiger partial charge in [-0.1, -0.05) is 0 Å². The molecule has 2 aliphatic carbocycles. The molecule has 0 aromatic rings. The van der Waals surface area contributed by atoms with Gasteiger partial charge in [-0.3, -0.25) is 0 Å². The molecule has 1 N–H and O–H groups in total. The normalized spacial score (nSPS) is 42.4. The number of hydrogen-bond acceptors (Lipinski definition) is 1. The molecule has 0 saturated heterocycles. The lowest BCUT2D eigenvalue weighted by Gasteiger charge is -2.54. The second-order valence-corrected chi connectivity index (χ2v) is 4.70. The fourth-order valence-corrected chi connectivity index (χ4v) is 2.77. The summed E-state index contributed by atoms with van der Waals surface area (Å²) in [4.78, 5) is 0. The van der Waals surface area contributed by atoms with Crippen molar-refractivity contribution in [2.75, 3.05) is 0 Å². The molecular formula is C7H10F2O2S. The maximum absolute atomic E-state index is 12.9. The van der Waals surface area contributed by atoms with Crippen LogP contribution >= 0.6 is 0 Å². The molecule has 0 bridgehead atoms. The van der Waals surface area contributed by atoms with Gasteiger partial charge in [0.15, 0.2) is 0 Å². The Hall–Kier alpha value is -0.0300. The van der Waals surface area contributed by atoms with E-state index < -0.39 is 22.3 Å². The molecule has 4 unspecified atom stereocenters. The molecule has 2 fully saturated rings. The summed E-state index contributed by atoms with van der Waals surface area (Å²) < 4.78 is 44.5. The maximum Gasteiger partial charge on any atom is 0.348 e. The van der Waals surface area contributed by atoms with Crippen LogP contribution in [0.15, 0.2) is 0 Å². The third-order valence-electron chi connectivity index (χ3n) is 3.21. The SMILES string of the molecule is O=S(O)C(F)(F)C1CC2CCC21. The minimum absolute atomic E-state index is 0.0242. The average Bonchev–Trinajstić information content (AvgIpc) is 1.94. The van der Waals surface area contributed by atoms with E-state index in [1.54, 1.807) is 0 Å². The van der Waals surface area contributed by atoms with Crippen molar-refractivity contribution in [1.29, 1.82) is 0 Å². The zero-order chi connectivity index (χ0) is 8.93. The van der Waals surface area contributed by atoms with Gasteiger partial charge in [0.1, 0.15) is 0 Å². The van der Waals surface area contributed by atoms with E-state index in [0.717, 1.165) is 12.8 Å². The van der Waals surface area contributed by atoms with Crippen LogP contribution in [-0.2, 0) is 11.1 Å². The summed E-state index contributed by atoms with van der Waals surface area (Å²) in [5.74, 6) is -0.386. The Morgan fingerprint density at radius 3 is 2.33 bits per heavy atom. The lowest BCUT2D eigenvalue weighted by molar-refractivity contribution is -0.130.